The van der Waals surface area contributed by atoms with Gasteiger partial charge in [-0.25, -0.2) is 4.79 Å². The first-order chi connectivity index (χ1) is 11.6. The molecule has 1 aromatic rings. The summed E-state index contributed by atoms with van der Waals surface area (Å²) in [5.41, 5.74) is 0. The van der Waals surface area contributed by atoms with Crippen molar-refractivity contribution in [3.05, 3.63) is 24.3 Å². The summed E-state index contributed by atoms with van der Waals surface area (Å²) in [6, 6.07) is 7.50. The van der Waals surface area contributed by atoms with Gasteiger partial charge in [0.2, 0.25) is 0 Å². The van der Waals surface area contributed by atoms with E-state index in [4.69, 9.17) is 9.47 Å². The van der Waals surface area contributed by atoms with E-state index in [1.165, 1.54) is 7.11 Å². The molecule has 1 aliphatic heterocycles. The number of aliphatic hydroxyl groups excluding tert-OH is 1. The maximum absolute atomic E-state index is 11.2. The van der Waals surface area contributed by atoms with Gasteiger partial charge in [-0.05, 0) is 25.0 Å². The van der Waals surface area contributed by atoms with Crippen LogP contribution >= 0.6 is 0 Å². The van der Waals surface area contributed by atoms with Gasteiger partial charge in [0.25, 0.3) is 0 Å². The van der Waals surface area contributed by atoms with Gasteiger partial charge in [-0.2, -0.15) is 0 Å². The van der Waals surface area contributed by atoms with Gasteiger partial charge in [0.05, 0.1) is 14.2 Å². The zero-order valence-corrected chi connectivity index (χ0v) is 14.2. The number of likely N-dealkylation sites (tertiary alicyclic amines) is 1. The Balaban J connectivity index is 1.70. The lowest BCUT2D eigenvalue weighted by atomic mass is 10.1. The normalized spacial score (nSPS) is 17.1. The molecule has 1 saturated heterocycles. The highest BCUT2D eigenvalue weighted by molar-refractivity contribution is 5.67. The molecule has 0 unspecified atom stereocenters. The van der Waals surface area contributed by atoms with Gasteiger partial charge in [0.1, 0.15) is 12.7 Å². The maximum atomic E-state index is 11.2. The number of alkyl carbamates (subject to hydrolysis) is 1. The van der Waals surface area contributed by atoms with Gasteiger partial charge in [-0.1, -0.05) is 12.1 Å². The highest BCUT2D eigenvalue weighted by Crippen LogP contribution is 2.25. The van der Waals surface area contributed by atoms with E-state index in [0.717, 1.165) is 25.9 Å². The Labute approximate surface area is 142 Å². The van der Waals surface area contributed by atoms with Crippen molar-refractivity contribution in [3.63, 3.8) is 0 Å². The number of rotatable bonds is 7. The number of β-amino-alcohol motifs (C(OH)–C–C–N with tert-alkyl or cyclic N) is 1. The molecule has 0 saturated carbocycles. The molecule has 0 aliphatic carbocycles. The van der Waals surface area contributed by atoms with Gasteiger partial charge >= 0.3 is 6.09 Å². The average Bonchev–Trinajstić information content (AvgIpc) is 2.61. The van der Waals surface area contributed by atoms with Crippen LogP contribution in [0.1, 0.15) is 12.8 Å². The fraction of sp³-hybridized carbons (Fsp3) is 0.588. The lowest BCUT2D eigenvalue weighted by molar-refractivity contribution is 0.0567. The molecule has 0 bridgehead atoms. The fourth-order valence-corrected chi connectivity index (χ4v) is 2.76. The Morgan fingerprint density at radius 1 is 1.29 bits per heavy atom. The van der Waals surface area contributed by atoms with Crippen molar-refractivity contribution in [2.75, 3.05) is 40.5 Å². The molecule has 1 fully saturated rings. The van der Waals surface area contributed by atoms with Crippen LogP contribution in [0.2, 0.25) is 0 Å². The van der Waals surface area contributed by atoms with Crippen molar-refractivity contribution < 1.29 is 24.1 Å². The number of hydrogen-bond donors (Lipinski definition) is 2. The fourth-order valence-electron chi connectivity index (χ4n) is 2.76. The first-order valence-electron chi connectivity index (χ1n) is 8.13. The summed E-state index contributed by atoms with van der Waals surface area (Å²) in [4.78, 5) is 13.4. The van der Waals surface area contributed by atoms with Crippen LogP contribution < -0.4 is 14.8 Å². The second-order valence-corrected chi connectivity index (χ2v) is 5.83. The van der Waals surface area contributed by atoms with Crippen LogP contribution in [0.15, 0.2) is 24.3 Å². The summed E-state index contributed by atoms with van der Waals surface area (Å²) >= 11 is 0. The molecular weight excluding hydrogens is 312 g/mol. The molecule has 2 rings (SSSR count). The van der Waals surface area contributed by atoms with Crippen molar-refractivity contribution in [1.29, 1.82) is 0 Å². The lowest BCUT2D eigenvalue weighted by Crippen LogP contribution is -2.47. The number of piperidine rings is 1. The zero-order chi connectivity index (χ0) is 17.4. The van der Waals surface area contributed by atoms with Crippen LogP contribution in [0.3, 0.4) is 0 Å². The summed E-state index contributed by atoms with van der Waals surface area (Å²) in [5, 5.41) is 13.0. The van der Waals surface area contributed by atoms with E-state index in [9.17, 15) is 9.90 Å². The quantitative estimate of drug-likeness (QED) is 0.779. The summed E-state index contributed by atoms with van der Waals surface area (Å²) in [6.07, 6.45) is 0.711. The number of amides is 1. The third-order valence-electron chi connectivity index (χ3n) is 4.06. The third kappa shape index (κ3) is 5.58. The number of aliphatic hydroxyl groups is 1. The van der Waals surface area contributed by atoms with Gasteiger partial charge < -0.3 is 29.5 Å². The van der Waals surface area contributed by atoms with Gasteiger partial charge in [-0.3, -0.25) is 0 Å². The Morgan fingerprint density at radius 2 is 1.96 bits per heavy atom. The number of nitrogens with zero attached hydrogens (tertiary/aromatic N) is 1. The predicted octanol–water partition coefficient (Wildman–Crippen LogP) is 1.26. The zero-order valence-electron chi connectivity index (χ0n) is 14.2. The summed E-state index contributed by atoms with van der Waals surface area (Å²) < 4.78 is 15.5. The van der Waals surface area contributed by atoms with Gasteiger partial charge in [0, 0.05) is 25.7 Å². The Hall–Kier alpha value is -1.99. The topological polar surface area (TPSA) is 80.3 Å². The van der Waals surface area contributed by atoms with Crippen LogP contribution in [0.4, 0.5) is 4.79 Å². The average molecular weight is 338 g/mol. The largest absolute Gasteiger partial charge is 0.493 e. The Kier molecular flexibility index (Phi) is 7.14. The van der Waals surface area contributed by atoms with Crippen molar-refractivity contribution in [2.45, 2.75) is 25.0 Å². The second kappa shape index (κ2) is 9.34. The van der Waals surface area contributed by atoms with E-state index in [1.807, 2.05) is 24.3 Å². The number of hydrogen-bond acceptors (Lipinski definition) is 6. The molecule has 1 aliphatic rings. The third-order valence-corrected chi connectivity index (χ3v) is 4.06. The first kappa shape index (κ1) is 18.4. The standard InChI is InChI=1S/C17H26N2O5/c1-22-15-5-3-4-6-16(15)24-12-14(20)11-19-9-7-13(8-10-19)18-17(21)23-2/h3-6,13-14,20H,7-12H2,1-2H3,(H,18,21)/t14-/m1/s1. The number of para-hydroxylation sites is 2. The van der Waals surface area contributed by atoms with Crippen molar-refractivity contribution in [1.82, 2.24) is 10.2 Å². The van der Waals surface area contributed by atoms with Crippen molar-refractivity contribution in [3.8, 4) is 11.5 Å². The predicted molar refractivity (Wildman–Crippen MR) is 89.5 cm³/mol. The van der Waals surface area contributed by atoms with E-state index < -0.39 is 12.2 Å². The number of carbonyl (C=O) groups excluding carboxylic acids is 1. The maximum Gasteiger partial charge on any atom is 0.407 e. The number of ether oxygens (including phenoxy) is 3. The lowest BCUT2D eigenvalue weighted by Gasteiger charge is -2.33. The van der Waals surface area contributed by atoms with E-state index in [0.29, 0.717) is 18.0 Å². The van der Waals surface area contributed by atoms with E-state index in [2.05, 4.69) is 15.0 Å². The van der Waals surface area contributed by atoms with Crippen LogP contribution in [-0.4, -0.2) is 68.7 Å². The second-order valence-electron chi connectivity index (χ2n) is 5.83. The van der Waals surface area contributed by atoms with E-state index >= 15 is 0 Å². The van der Waals surface area contributed by atoms with Crippen molar-refractivity contribution in [2.24, 2.45) is 0 Å². The first-order valence-corrected chi connectivity index (χ1v) is 8.13. The van der Waals surface area contributed by atoms with E-state index in [-0.39, 0.29) is 12.6 Å². The monoisotopic (exact) mass is 338 g/mol. The molecule has 1 heterocycles. The number of benzene rings is 1. The molecule has 1 aromatic carbocycles. The molecule has 0 spiro atoms. The molecule has 24 heavy (non-hydrogen) atoms. The molecule has 0 radical (unpaired) electrons. The molecule has 1 amide bonds. The number of nitrogens with one attached hydrogen (secondary N) is 1. The molecule has 1 atom stereocenters. The SMILES string of the molecule is COC(=O)NC1CCN(C[C@@H](O)COc2ccccc2OC)CC1. The van der Waals surface area contributed by atoms with E-state index in [1.54, 1.807) is 7.11 Å². The van der Waals surface area contributed by atoms with Crippen LogP contribution in [-0.2, 0) is 4.74 Å². The molecule has 134 valence electrons. The summed E-state index contributed by atoms with van der Waals surface area (Å²) in [7, 11) is 2.95. The molecule has 0 aromatic heterocycles. The smallest absolute Gasteiger partial charge is 0.407 e. The Morgan fingerprint density at radius 3 is 2.58 bits per heavy atom. The minimum Gasteiger partial charge on any atom is -0.493 e. The Bertz CT molecular complexity index is 517. The van der Waals surface area contributed by atoms with Crippen molar-refractivity contribution >= 4 is 6.09 Å². The minimum absolute atomic E-state index is 0.135. The molecule has 7 nitrogen and oxygen atoms in total. The molecule has 7 heteroatoms. The highest BCUT2D eigenvalue weighted by Gasteiger charge is 2.22. The molecular formula is C17H26N2O5. The molecule has 2 N–H and O–H groups in total. The minimum atomic E-state index is -0.583. The van der Waals surface area contributed by atoms with Crippen LogP contribution in [0.25, 0.3) is 0 Å². The summed E-state index contributed by atoms with van der Waals surface area (Å²) in [6.45, 7) is 2.39. The number of methoxy groups -OCH3 is 2. The van der Waals surface area contributed by atoms with Gasteiger partial charge in [-0.15, -0.1) is 0 Å². The van der Waals surface area contributed by atoms with Gasteiger partial charge in [0.15, 0.2) is 11.5 Å². The van der Waals surface area contributed by atoms with Crippen LogP contribution in [0, 0.1) is 0 Å². The summed E-state index contributed by atoms with van der Waals surface area (Å²) in [5.74, 6) is 1.28. The number of carbonyl (C=O) groups is 1. The highest BCUT2D eigenvalue weighted by atomic mass is 16.5. The van der Waals surface area contributed by atoms with Crippen LogP contribution in [0.5, 0.6) is 11.5 Å².